The zero-order chi connectivity index (χ0) is 20.1. The van der Waals surface area contributed by atoms with Crippen molar-refractivity contribution in [1.29, 1.82) is 0 Å². The summed E-state index contributed by atoms with van der Waals surface area (Å²) in [6, 6.07) is 12.1. The number of pyridine rings is 1. The molecule has 2 aromatic rings. The minimum absolute atomic E-state index is 0.267. The summed E-state index contributed by atoms with van der Waals surface area (Å²) >= 11 is 0. The number of anilines is 1. The van der Waals surface area contributed by atoms with Gasteiger partial charge in [-0.3, -0.25) is 9.78 Å². The maximum absolute atomic E-state index is 12.5. The van der Waals surface area contributed by atoms with Gasteiger partial charge in [-0.1, -0.05) is 18.2 Å². The number of ether oxygens (including phenoxy) is 2. The van der Waals surface area contributed by atoms with Gasteiger partial charge in [-0.2, -0.15) is 0 Å². The molecule has 1 aliphatic rings. The molecule has 3 rings (SSSR count). The van der Waals surface area contributed by atoms with Crippen molar-refractivity contribution in [3.8, 4) is 0 Å². The van der Waals surface area contributed by atoms with E-state index < -0.39 is 17.7 Å². The van der Waals surface area contributed by atoms with E-state index in [0.29, 0.717) is 11.3 Å². The smallest absolute Gasteiger partial charge is 0.350 e. The van der Waals surface area contributed by atoms with E-state index in [2.05, 4.69) is 15.6 Å². The molecule has 0 saturated carbocycles. The molecule has 0 aliphatic carbocycles. The number of cyclic esters (lactones) is 2. The molecule has 8 heteroatoms. The van der Waals surface area contributed by atoms with Crippen molar-refractivity contribution in [2.75, 3.05) is 5.32 Å². The van der Waals surface area contributed by atoms with Crippen molar-refractivity contribution in [2.24, 2.45) is 0 Å². The first-order valence-electron chi connectivity index (χ1n) is 8.56. The second-order valence-electron chi connectivity index (χ2n) is 6.43. The number of carbonyl (C=O) groups excluding carboxylic acids is 3. The number of hydrogen-bond acceptors (Lipinski definition) is 7. The van der Waals surface area contributed by atoms with Crippen molar-refractivity contribution in [2.45, 2.75) is 26.2 Å². The highest BCUT2D eigenvalue weighted by molar-refractivity contribution is 6.15. The van der Waals surface area contributed by atoms with E-state index in [9.17, 15) is 14.4 Å². The van der Waals surface area contributed by atoms with Gasteiger partial charge in [0, 0.05) is 26.2 Å². The van der Waals surface area contributed by atoms with Gasteiger partial charge in [-0.15, -0.1) is 0 Å². The average molecular weight is 381 g/mol. The summed E-state index contributed by atoms with van der Waals surface area (Å²) in [6.45, 7) is 3.20. The lowest BCUT2D eigenvalue weighted by Crippen LogP contribution is -2.42. The van der Waals surface area contributed by atoms with Crippen molar-refractivity contribution in [1.82, 2.24) is 10.3 Å². The molecule has 8 nitrogen and oxygen atoms in total. The van der Waals surface area contributed by atoms with E-state index in [0.717, 1.165) is 5.69 Å². The molecule has 1 fully saturated rings. The van der Waals surface area contributed by atoms with Crippen LogP contribution in [0.4, 0.5) is 5.69 Å². The molecule has 2 N–H and O–H groups in total. The summed E-state index contributed by atoms with van der Waals surface area (Å²) in [5.74, 6) is -3.24. The Morgan fingerprint density at radius 2 is 1.75 bits per heavy atom. The van der Waals surface area contributed by atoms with Crippen molar-refractivity contribution >= 4 is 23.5 Å². The fourth-order valence-corrected chi connectivity index (χ4v) is 2.50. The van der Waals surface area contributed by atoms with Crippen LogP contribution in [0.1, 0.15) is 29.9 Å². The van der Waals surface area contributed by atoms with Gasteiger partial charge >= 0.3 is 11.9 Å². The monoisotopic (exact) mass is 381 g/mol. The topological polar surface area (TPSA) is 107 Å². The van der Waals surface area contributed by atoms with Crippen LogP contribution < -0.4 is 10.6 Å². The van der Waals surface area contributed by atoms with Crippen LogP contribution in [0.5, 0.6) is 0 Å². The molecular weight excluding hydrogens is 362 g/mol. The lowest BCUT2D eigenvalue weighted by molar-refractivity contribution is -0.222. The molecular formula is C20H19N3O5. The Kier molecular flexibility index (Phi) is 5.39. The molecule has 28 heavy (non-hydrogen) atoms. The Labute approximate surface area is 161 Å². The SMILES string of the molecule is CC1(C)OC(=O)C(=CNc2ccccc2C(=O)NCc2ccccn2)C(=O)O1. The van der Waals surface area contributed by atoms with Gasteiger partial charge in [-0.05, 0) is 24.3 Å². The number of hydrogen-bond donors (Lipinski definition) is 2. The first-order valence-corrected chi connectivity index (χ1v) is 8.56. The fraction of sp³-hybridized carbons (Fsp3) is 0.200. The molecule has 0 bridgehead atoms. The first-order chi connectivity index (χ1) is 13.4. The molecule has 0 spiro atoms. The predicted octanol–water partition coefficient (Wildman–Crippen LogP) is 2.14. The van der Waals surface area contributed by atoms with Crippen LogP contribution in [0.3, 0.4) is 0 Å². The van der Waals surface area contributed by atoms with Crippen LogP contribution in [0.2, 0.25) is 0 Å². The van der Waals surface area contributed by atoms with Crippen molar-refractivity contribution in [3.05, 3.63) is 71.7 Å². The highest BCUT2D eigenvalue weighted by atomic mass is 16.7. The van der Waals surface area contributed by atoms with Crippen LogP contribution in [0.15, 0.2) is 60.4 Å². The average Bonchev–Trinajstić information content (AvgIpc) is 2.65. The normalized spacial score (nSPS) is 15.3. The van der Waals surface area contributed by atoms with E-state index in [4.69, 9.17) is 9.47 Å². The standard InChI is InChI=1S/C20H19N3O5/c1-20(2)27-18(25)15(19(26)28-20)12-22-16-9-4-3-8-14(16)17(24)23-11-13-7-5-6-10-21-13/h3-10,12,22H,11H2,1-2H3,(H,23,24). The number of aromatic nitrogens is 1. The number of nitrogens with one attached hydrogen (secondary N) is 2. The molecule has 1 aromatic heterocycles. The molecule has 0 unspecified atom stereocenters. The summed E-state index contributed by atoms with van der Waals surface area (Å²) < 4.78 is 10.1. The number of rotatable bonds is 5. The van der Waals surface area contributed by atoms with E-state index >= 15 is 0 Å². The summed E-state index contributed by atoms with van der Waals surface area (Å²) in [7, 11) is 0. The highest BCUT2D eigenvalue weighted by Gasteiger charge is 2.39. The Hall–Kier alpha value is -3.68. The lowest BCUT2D eigenvalue weighted by atomic mass is 10.1. The Bertz CT molecular complexity index is 916. The second kappa shape index (κ2) is 7.91. The minimum Gasteiger partial charge on any atom is -0.419 e. The molecule has 144 valence electrons. The van der Waals surface area contributed by atoms with Crippen LogP contribution in [-0.4, -0.2) is 28.6 Å². The number of amides is 1. The molecule has 1 aliphatic heterocycles. The molecule has 1 amide bonds. The molecule has 0 atom stereocenters. The van der Waals surface area contributed by atoms with Gasteiger partial charge < -0.3 is 20.1 Å². The zero-order valence-electron chi connectivity index (χ0n) is 15.4. The molecule has 1 saturated heterocycles. The Morgan fingerprint density at radius 3 is 2.43 bits per heavy atom. The van der Waals surface area contributed by atoms with E-state index in [1.165, 1.54) is 20.0 Å². The van der Waals surface area contributed by atoms with Crippen molar-refractivity contribution in [3.63, 3.8) is 0 Å². The van der Waals surface area contributed by atoms with E-state index in [-0.39, 0.29) is 18.0 Å². The van der Waals surface area contributed by atoms with Gasteiger partial charge in [0.2, 0.25) is 0 Å². The van der Waals surface area contributed by atoms with Gasteiger partial charge in [0.25, 0.3) is 11.7 Å². The van der Waals surface area contributed by atoms with Gasteiger partial charge in [-0.25, -0.2) is 9.59 Å². The second-order valence-corrected chi connectivity index (χ2v) is 6.43. The highest BCUT2D eigenvalue weighted by Crippen LogP contribution is 2.23. The van der Waals surface area contributed by atoms with Crippen molar-refractivity contribution < 1.29 is 23.9 Å². The maximum Gasteiger partial charge on any atom is 0.350 e. The van der Waals surface area contributed by atoms with Gasteiger partial charge in [0.15, 0.2) is 5.57 Å². The minimum atomic E-state index is -1.31. The first kappa shape index (κ1) is 19.1. The molecule has 1 aromatic carbocycles. The number of carbonyl (C=O) groups is 3. The molecule has 2 heterocycles. The third-order valence-electron chi connectivity index (χ3n) is 3.82. The summed E-state index contributed by atoms with van der Waals surface area (Å²) in [5.41, 5.74) is 1.19. The zero-order valence-corrected chi connectivity index (χ0v) is 15.4. The van der Waals surface area contributed by atoms with E-state index in [1.54, 1.807) is 42.6 Å². The third-order valence-corrected chi connectivity index (χ3v) is 3.82. The fourth-order valence-electron chi connectivity index (χ4n) is 2.50. The van der Waals surface area contributed by atoms with E-state index in [1.807, 2.05) is 6.07 Å². The predicted molar refractivity (Wildman–Crippen MR) is 99.8 cm³/mol. The van der Waals surface area contributed by atoms with Gasteiger partial charge in [0.1, 0.15) is 0 Å². The number of nitrogens with zero attached hydrogens (tertiary/aromatic N) is 1. The summed E-state index contributed by atoms with van der Waals surface area (Å²) in [5, 5.41) is 5.59. The number of esters is 2. The Morgan fingerprint density at radius 1 is 1.07 bits per heavy atom. The largest absolute Gasteiger partial charge is 0.419 e. The van der Waals surface area contributed by atoms with Crippen LogP contribution in [0.25, 0.3) is 0 Å². The lowest BCUT2D eigenvalue weighted by Gasteiger charge is -2.29. The maximum atomic E-state index is 12.5. The van der Waals surface area contributed by atoms with Crippen LogP contribution in [-0.2, 0) is 25.6 Å². The van der Waals surface area contributed by atoms with Gasteiger partial charge in [0.05, 0.1) is 23.5 Å². The quantitative estimate of drug-likeness (QED) is 0.464. The van der Waals surface area contributed by atoms with Crippen LogP contribution >= 0.6 is 0 Å². The Balaban J connectivity index is 1.73. The van der Waals surface area contributed by atoms with Crippen LogP contribution in [0, 0.1) is 0 Å². The number of benzene rings is 1. The molecule has 0 radical (unpaired) electrons. The third kappa shape index (κ3) is 4.53. The summed E-state index contributed by atoms with van der Waals surface area (Å²) in [4.78, 5) is 40.7. The number of para-hydroxylation sites is 1. The summed E-state index contributed by atoms with van der Waals surface area (Å²) in [6.07, 6.45) is 2.82.